The van der Waals surface area contributed by atoms with Crippen LogP contribution in [0.4, 0.5) is 13.2 Å². The van der Waals surface area contributed by atoms with E-state index in [0.29, 0.717) is 55.8 Å². The van der Waals surface area contributed by atoms with Crippen LogP contribution in [0.2, 0.25) is 0 Å². The minimum absolute atomic E-state index is 0.00723. The van der Waals surface area contributed by atoms with Crippen molar-refractivity contribution >= 4 is 22.3 Å². The first kappa shape index (κ1) is 31.4. The zero-order chi connectivity index (χ0) is 30.6. The van der Waals surface area contributed by atoms with E-state index in [1.165, 1.54) is 32.9 Å². The highest BCUT2D eigenvalue weighted by atomic mass is 32.2. The lowest BCUT2D eigenvalue weighted by molar-refractivity contribution is -0.120. The van der Waals surface area contributed by atoms with Crippen molar-refractivity contribution in [2.75, 3.05) is 39.3 Å². The fourth-order valence-corrected chi connectivity index (χ4v) is 7.92. The van der Waals surface area contributed by atoms with E-state index >= 15 is 0 Å². The van der Waals surface area contributed by atoms with E-state index < -0.39 is 33.9 Å². The topological polar surface area (TPSA) is 94.1 Å². The fourth-order valence-electron chi connectivity index (χ4n) is 6.07. The third-order valence-electron chi connectivity index (χ3n) is 8.37. The van der Waals surface area contributed by atoms with Gasteiger partial charge in [-0.1, -0.05) is 18.2 Å². The quantitative estimate of drug-likeness (QED) is 0.422. The van der Waals surface area contributed by atoms with E-state index in [2.05, 4.69) is 15.6 Å². The molecule has 0 spiro atoms. The SMILES string of the molecule is Cc1cc(F)cc([C@@H](CC(=O)NC2=C(CC[C@H]3CNCCN3S(=O)(=O)N3CCC(F)CC3)CN=C2)c2ccc(F)cc2)c1. The van der Waals surface area contributed by atoms with Gasteiger partial charge in [0.15, 0.2) is 0 Å². The maximum Gasteiger partial charge on any atom is 0.282 e. The molecule has 0 radical (unpaired) electrons. The Hall–Kier alpha value is -3.06. The molecule has 43 heavy (non-hydrogen) atoms. The first-order chi connectivity index (χ1) is 20.6. The molecule has 3 aliphatic heterocycles. The van der Waals surface area contributed by atoms with E-state index in [9.17, 15) is 26.4 Å². The Balaban J connectivity index is 1.27. The van der Waals surface area contributed by atoms with Gasteiger partial charge in [0, 0.05) is 57.3 Å². The number of piperidine rings is 1. The molecule has 8 nitrogen and oxygen atoms in total. The Morgan fingerprint density at radius 3 is 2.53 bits per heavy atom. The van der Waals surface area contributed by atoms with Crippen LogP contribution in [0.5, 0.6) is 0 Å². The Bertz CT molecular complexity index is 1450. The van der Waals surface area contributed by atoms with Gasteiger partial charge in [-0.3, -0.25) is 9.79 Å². The summed E-state index contributed by atoms with van der Waals surface area (Å²) in [6, 6.07) is 10.2. The van der Waals surface area contributed by atoms with Crippen LogP contribution in [0.3, 0.4) is 0 Å². The maximum absolute atomic E-state index is 14.3. The third kappa shape index (κ3) is 7.72. The van der Waals surface area contributed by atoms with Crippen LogP contribution in [0.25, 0.3) is 0 Å². The van der Waals surface area contributed by atoms with Gasteiger partial charge in [0.1, 0.15) is 17.8 Å². The van der Waals surface area contributed by atoms with E-state index in [-0.39, 0.29) is 44.3 Å². The average molecular weight is 618 g/mol. The number of nitrogens with zero attached hydrogens (tertiary/aromatic N) is 3. The summed E-state index contributed by atoms with van der Waals surface area (Å²) < 4.78 is 71.4. The van der Waals surface area contributed by atoms with Gasteiger partial charge in [-0.2, -0.15) is 17.0 Å². The van der Waals surface area contributed by atoms with Crippen molar-refractivity contribution in [3.8, 4) is 0 Å². The summed E-state index contributed by atoms with van der Waals surface area (Å²) >= 11 is 0. The van der Waals surface area contributed by atoms with E-state index in [1.54, 1.807) is 25.3 Å². The third-order valence-corrected chi connectivity index (χ3v) is 10.5. The molecule has 2 aromatic carbocycles. The van der Waals surface area contributed by atoms with Gasteiger partial charge < -0.3 is 10.6 Å². The van der Waals surface area contributed by atoms with Crippen LogP contribution >= 0.6 is 0 Å². The number of aryl methyl sites for hydroxylation is 1. The average Bonchev–Trinajstić information content (AvgIpc) is 3.41. The van der Waals surface area contributed by atoms with Gasteiger partial charge in [-0.25, -0.2) is 13.2 Å². The molecule has 0 bridgehead atoms. The number of amides is 1. The summed E-state index contributed by atoms with van der Waals surface area (Å²) in [5, 5.41) is 6.23. The van der Waals surface area contributed by atoms with Gasteiger partial charge in [-0.05, 0) is 79.1 Å². The van der Waals surface area contributed by atoms with E-state index in [4.69, 9.17) is 0 Å². The standard InChI is InChI=1S/C31H38F3N5O3S/c1-21-14-24(16-27(34)15-21)29(22-2-5-25(32)6-3-22)17-31(40)37-30-20-36-18-23(30)4-7-28-19-35-10-13-39(28)43(41,42)38-11-8-26(33)9-12-38/h2-3,5-6,14-16,20,26,28-29,35H,4,7-13,17-19H2,1H3,(H,37,40)/t28-,29-/m0/s1. The molecule has 5 rings (SSSR count). The molecule has 3 aliphatic rings. The van der Waals surface area contributed by atoms with E-state index in [0.717, 1.165) is 11.1 Å². The number of carbonyl (C=O) groups excluding carboxylic acids is 1. The molecule has 0 aliphatic carbocycles. The molecule has 2 saturated heterocycles. The van der Waals surface area contributed by atoms with Crippen LogP contribution in [-0.2, 0) is 15.0 Å². The molecule has 1 amide bonds. The van der Waals surface area contributed by atoms with Crippen molar-refractivity contribution in [2.45, 2.75) is 57.2 Å². The predicted molar refractivity (Wildman–Crippen MR) is 160 cm³/mol. The number of piperazine rings is 1. The summed E-state index contributed by atoms with van der Waals surface area (Å²) in [7, 11) is -3.72. The van der Waals surface area contributed by atoms with Crippen LogP contribution in [-0.4, -0.2) is 80.6 Å². The molecule has 0 unspecified atom stereocenters. The number of rotatable bonds is 10. The number of hydrogen-bond acceptors (Lipinski definition) is 5. The maximum atomic E-state index is 14.3. The number of halogens is 3. The second kappa shape index (κ2) is 13.7. The number of alkyl halides is 1. The van der Waals surface area contributed by atoms with Crippen molar-refractivity contribution in [1.82, 2.24) is 19.2 Å². The number of benzene rings is 2. The lowest BCUT2D eigenvalue weighted by Gasteiger charge is -2.39. The molecule has 0 aromatic heterocycles. The fraction of sp³-hybridized carbons (Fsp3) is 0.484. The molecule has 3 heterocycles. The molecule has 2 fully saturated rings. The second-order valence-corrected chi connectivity index (χ2v) is 13.4. The number of nitrogens with one attached hydrogen (secondary N) is 2. The van der Waals surface area contributed by atoms with Crippen molar-refractivity contribution in [2.24, 2.45) is 4.99 Å². The molecular weight excluding hydrogens is 579 g/mol. The molecule has 12 heteroatoms. The minimum atomic E-state index is -3.72. The highest BCUT2D eigenvalue weighted by Crippen LogP contribution is 2.30. The monoisotopic (exact) mass is 617 g/mol. The molecule has 2 N–H and O–H groups in total. The van der Waals surface area contributed by atoms with E-state index in [1.807, 2.05) is 6.07 Å². The number of hydrogen-bond donors (Lipinski definition) is 2. The Kier molecular flexibility index (Phi) is 10.0. The lowest BCUT2D eigenvalue weighted by atomic mass is 9.87. The Morgan fingerprint density at radius 1 is 1.07 bits per heavy atom. The van der Waals surface area contributed by atoms with Crippen molar-refractivity contribution in [1.29, 1.82) is 0 Å². The first-order valence-corrected chi connectivity index (χ1v) is 16.2. The summed E-state index contributed by atoms with van der Waals surface area (Å²) in [5.41, 5.74) is 3.51. The van der Waals surface area contributed by atoms with Gasteiger partial charge in [0.2, 0.25) is 5.91 Å². The molecule has 0 saturated carbocycles. The number of aliphatic imine (C=N–C) groups is 1. The smallest absolute Gasteiger partial charge is 0.282 e. The van der Waals surface area contributed by atoms with Crippen LogP contribution in [0, 0.1) is 18.6 Å². The largest absolute Gasteiger partial charge is 0.325 e. The Morgan fingerprint density at radius 2 is 1.81 bits per heavy atom. The molecule has 232 valence electrons. The van der Waals surface area contributed by atoms with Crippen molar-refractivity contribution in [3.63, 3.8) is 0 Å². The highest BCUT2D eigenvalue weighted by molar-refractivity contribution is 7.86. The van der Waals surface area contributed by atoms with Crippen molar-refractivity contribution < 1.29 is 26.4 Å². The second-order valence-electron chi connectivity index (χ2n) is 11.5. The molecule has 2 aromatic rings. The summed E-state index contributed by atoms with van der Waals surface area (Å²) in [6.45, 7) is 3.93. The zero-order valence-corrected chi connectivity index (χ0v) is 25.1. The van der Waals surface area contributed by atoms with Crippen LogP contribution in [0.15, 0.2) is 58.7 Å². The summed E-state index contributed by atoms with van der Waals surface area (Å²) in [5.74, 6) is -1.59. The lowest BCUT2D eigenvalue weighted by Crippen LogP contribution is -2.58. The van der Waals surface area contributed by atoms with Crippen molar-refractivity contribution in [3.05, 3.63) is 82.1 Å². The summed E-state index contributed by atoms with van der Waals surface area (Å²) in [6.07, 6.45) is 2.15. The van der Waals surface area contributed by atoms with Gasteiger partial charge >= 0.3 is 0 Å². The number of allylic oxidation sites excluding steroid dienone is 1. The van der Waals surface area contributed by atoms with Crippen LogP contribution < -0.4 is 10.6 Å². The summed E-state index contributed by atoms with van der Waals surface area (Å²) in [4.78, 5) is 17.7. The van der Waals surface area contributed by atoms with Gasteiger partial charge in [0.05, 0.1) is 12.2 Å². The first-order valence-electron chi connectivity index (χ1n) is 14.8. The van der Waals surface area contributed by atoms with Crippen LogP contribution in [0.1, 0.15) is 54.7 Å². The van der Waals surface area contributed by atoms with Gasteiger partial charge in [0.25, 0.3) is 10.2 Å². The number of carbonyl (C=O) groups is 1. The Labute approximate surface area is 251 Å². The zero-order valence-electron chi connectivity index (χ0n) is 24.2. The van der Waals surface area contributed by atoms with Gasteiger partial charge in [-0.15, -0.1) is 0 Å². The highest BCUT2D eigenvalue weighted by Gasteiger charge is 2.38. The molecule has 2 atom stereocenters. The molecular formula is C31H38F3N5O3S. The normalized spacial score (nSPS) is 21.3. The predicted octanol–water partition coefficient (Wildman–Crippen LogP) is 3.98. The minimum Gasteiger partial charge on any atom is -0.325 e.